The number of nitrogens with one attached hydrogen (secondary N) is 2. The molecule has 21 heavy (non-hydrogen) atoms. The van der Waals surface area contributed by atoms with Crippen LogP contribution in [-0.2, 0) is 9.53 Å². The third kappa shape index (κ3) is 4.23. The number of carbonyl (C=O) groups excluding carboxylic acids is 1. The molecule has 0 aromatic heterocycles. The second-order valence-corrected chi connectivity index (χ2v) is 5.30. The summed E-state index contributed by atoms with van der Waals surface area (Å²) in [7, 11) is 1.66. The molecule has 0 bridgehead atoms. The number of fused-ring (bicyclic) bond motifs is 1. The smallest absolute Gasteiger partial charge is 0.262 e. The van der Waals surface area contributed by atoms with Crippen LogP contribution < -0.4 is 21.1 Å². The Morgan fingerprint density at radius 3 is 3.10 bits per heavy atom. The fourth-order valence-corrected chi connectivity index (χ4v) is 2.41. The second kappa shape index (κ2) is 7.49. The quantitative estimate of drug-likeness (QED) is 0.715. The summed E-state index contributed by atoms with van der Waals surface area (Å²) >= 11 is 6.25. The molecule has 0 spiro atoms. The van der Waals surface area contributed by atoms with E-state index in [1.54, 1.807) is 19.2 Å². The van der Waals surface area contributed by atoms with Gasteiger partial charge in [0.15, 0.2) is 6.61 Å². The molecular weight excluding hydrogens is 294 g/mol. The standard InChI is InChI=1S/C14H20ClN3O3/c1-20-7-9(3-2-4-16)17-11-6-13-12(5-10(11)15)18-14(19)8-21-13/h5-6,9,17H,2-4,7-8,16H2,1H3,(H,18,19). The molecule has 1 atom stereocenters. The van der Waals surface area contributed by atoms with Gasteiger partial charge in [-0.05, 0) is 25.5 Å². The number of anilines is 2. The molecule has 1 amide bonds. The second-order valence-electron chi connectivity index (χ2n) is 4.89. The minimum absolute atomic E-state index is 0.0166. The highest BCUT2D eigenvalue weighted by molar-refractivity contribution is 6.33. The van der Waals surface area contributed by atoms with Crippen LogP contribution in [0.4, 0.5) is 11.4 Å². The van der Waals surface area contributed by atoms with E-state index in [0.29, 0.717) is 29.6 Å². The van der Waals surface area contributed by atoms with Crippen molar-refractivity contribution < 1.29 is 14.3 Å². The summed E-state index contributed by atoms with van der Waals surface area (Å²) in [6, 6.07) is 3.60. The van der Waals surface area contributed by atoms with Gasteiger partial charge in [-0.15, -0.1) is 0 Å². The van der Waals surface area contributed by atoms with Crippen molar-refractivity contribution in [2.45, 2.75) is 18.9 Å². The number of rotatable bonds is 7. The number of amides is 1. The van der Waals surface area contributed by atoms with E-state index in [9.17, 15) is 4.79 Å². The van der Waals surface area contributed by atoms with E-state index in [1.807, 2.05) is 0 Å². The van der Waals surface area contributed by atoms with Crippen molar-refractivity contribution in [2.24, 2.45) is 5.73 Å². The Morgan fingerprint density at radius 2 is 2.38 bits per heavy atom. The molecule has 1 aliphatic rings. The molecule has 7 heteroatoms. The van der Waals surface area contributed by atoms with E-state index in [-0.39, 0.29) is 18.6 Å². The minimum atomic E-state index is -0.181. The number of carbonyl (C=O) groups is 1. The molecule has 0 fully saturated rings. The van der Waals surface area contributed by atoms with Crippen molar-refractivity contribution in [1.29, 1.82) is 0 Å². The monoisotopic (exact) mass is 313 g/mol. The van der Waals surface area contributed by atoms with E-state index in [1.165, 1.54) is 0 Å². The van der Waals surface area contributed by atoms with Gasteiger partial charge in [-0.1, -0.05) is 11.6 Å². The van der Waals surface area contributed by atoms with Crippen molar-refractivity contribution in [2.75, 3.05) is 37.5 Å². The first-order chi connectivity index (χ1) is 10.1. The average molecular weight is 314 g/mol. The fourth-order valence-electron chi connectivity index (χ4n) is 2.19. The van der Waals surface area contributed by atoms with Crippen LogP contribution in [-0.4, -0.2) is 38.8 Å². The first kappa shape index (κ1) is 15.9. The molecular formula is C14H20ClN3O3. The van der Waals surface area contributed by atoms with Gasteiger partial charge < -0.3 is 25.8 Å². The van der Waals surface area contributed by atoms with Crippen LogP contribution in [0.5, 0.6) is 5.75 Å². The lowest BCUT2D eigenvalue weighted by molar-refractivity contribution is -0.118. The van der Waals surface area contributed by atoms with Crippen LogP contribution in [0.1, 0.15) is 12.8 Å². The van der Waals surface area contributed by atoms with Crippen LogP contribution in [0.25, 0.3) is 0 Å². The molecule has 1 aromatic rings. The lowest BCUT2D eigenvalue weighted by atomic mass is 10.1. The van der Waals surface area contributed by atoms with E-state index in [0.717, 1.165) is 18.5 Å². The van der Waals surface area contributed by atoms with Crippen molar-refractivity contribution >= 4 is 28.9 Å². The Labute approximate surface area is 128 Å². The minimum Gasteiger partial charge on any atom is -0.482 e. The summed E-state index contributed by atoms with van der Waals surface area (Å²) in [4.78, 5) is 11.3. The summed E-state index contributed by atoms with van der Waals surface area (Å²) < 4.78 is 10.6. The number of methoxy groups -OCH3 is 1. The maximum atomic E-state index is 11.3. The molecule has 2 rings (SSSR count). The molecule has 4 N–H and O–H groups in total. The lowest BCUT2D eigenvalue weighted by Crippen LogP contribution is -2.27. The van der Waals surface area contributed by atoms with Gasteiger partial charge in [0.05, 0.1) is 23.0 Å². The molecule has 0 saturated heterocycles. The zero-order valence-corrected chi connectivity index (χ0v) is 12.7. The average Bonchev–Trinajstić information content (AvgIpc) is 2.46. The molecule has 0 radical (unpaired) electrons. The van der Waals surface area contributed by atoms with Gasteiger partial charge in [-0.25, -0.2) is 0 Å². The highest BCUT2D eigenvalue weighted by atomic mass is 35.5. The summed E-state index contributed by atoms with van der Waals surface area (Å²) in [5.41, 5.74) is 6.89. The molecule has 1 heterocycles. The summed E-state index contributed by atoms with van der Waals surface area (Å²) in [5, 5.41) is 6.58. The summed E-state index contributed by atoms with van der Waals surface area (Å²) in [6.45, 7) is 1.21. The molecule has 1 unspecified atom stereocenters. The first-order valence-electron chi connectivity index (χ1n) is 6.85. The molecule has 1 aliphatic heterocycles. The zero-order chi connectivity index (χ0) is 15.2. The van der Waals surface area contributed by atoms with Crippen LogP contribution >= 0.6 is 11.6 Å². The van der Waals surface area contributed by atoms with Crippen LogP contribution in [0.15, 0.2) is 12.1 Å². The van der Waals surface area contributed by atoms with E-state index in [4.69, 9.17) is 26.8 Å². The molecule has 6 nitrogen and oxygen atoms in total. The van der Waals surface area contributed by atoms with Gasteiger partial charge in [0.1, 0.15) is 5.75 Å². The fraction of sp³-hybridized carbons (Fsp3) is 0.500. The Bertz CT molecular complexity index is 510. The van der Waals surface area contributed by atoms with Gasteiger partial charge in [-0.3, -0.25) is 4.79 Å². The largest absolute Gasteiger partial charge is 0.482 e. The number of ether oxygens (including phenoxy) is 2. The Kier molecular flexibility index (Phi) is 5.67. The van der Waals surface area contributed by atoms with Gasteiger partial charge >= 0.3 is 0 Å². The SMILES string of the molecule is COCC(CCCN)Nc1cc2c(cc1Cl)NC(=O)CO2. The van der Waals surface area contributed by atoms with E-state index < -0.39 is 0 Å². The Hall–Kier alpha value is -1.50. The molecule has 0 saturated carbocycles. The highest BCUT2D eigenvalue weighted by Crippen LogP contribution is 2.36. The number of halogens is 1. The van der Waals surface area contributed by atoms with Crippen LogP contribution in [0.2, 0.25) is 5.02 Å². The predicted octanol–water partition coefficient (Wildman–Crippen LogP) is 1.84. The zero-order valence-electron chi connectivity index (χ0n) is 11.9. The number of hydrogen-bond acceptors (Lipinski definition) is 5. The maximum absolute atomic E-state index is 11.3. The number of hydrogen-bond donors (Lipinski definition) is 3. The van der Waals surface area contributed by atoms with E-state index >= 15 is 0 Å². The number of benzene rings is 1. The third-order valence-corrected chi connectivity index (χ3v) is 3.50. The van der Waals surface area contributed by atoms with Gasteiger partial charge in [-0.2, -0.15) is 0 Å². The van der Waals surface area contributed by atoms with E-state index in [2.05, 4.69) is 10.6 Å². The normalized spacial score (nSPS) is 14.9. The molecule has 1 aromatic carbocycles. The van der Waals surface area contributed by atoms with Crippen molar-refractivity contribution in [3.05, 3.63) is 17.2 Å². The van der Waals surface area contributed by atoms with Crippen molar-refractivity contribution in [1.82, 2.24) is 0 Å². The molecule has 0 aliphatic carbocycles. The van der Waals surface area contributed by atoms with Gasteiger partial charge in [0.25, 0.3) is 5.91 Å². The van der Waals surface area contributed by atoms with Crippen molar-refractivity contribution in [3.63, 3.8) is 0 Å². The first-order valence-corrected chi connectivity index (χ1v) is 7.23. The number of nitrogens with two attached hydrogens (primary N) is 1. The third-order valence-electron chi connectivity index (χ3n) is 3.19. The topological polar surface area (TPSA) is 85.6 Å². The Balaban J connectivity index is 2.13. The van der Waals surface area contributed by atoms with Gasteiger partial charge in [0, 0.05) is 19.2 Å². The summed E-state index contributed by atoms with van der Waals surface area (Å²) in [5.74, 6) is 0.427. The summed E-state index contributed by atoms with van der Waals surface area (Å²) in [6.07, 6.45) is 1.78. The predicted molar refractivity (Wildman–Crippen MR) is 83.2 cm³/mol. The van der Waals surface area contributed by atoms with Gasteiger partial charge in [0.2, 0.25) is 0 Å². The lowest BCUT2D eigenvalue weighted by Gasteiger charge is -2.23. The highest BCUT2D eigenvalue weighted by Gasteiger charge is 2.19. The van der Waals surface area contributed by atoms with Crippen LogP contribution in [0, 0.1) is 0 Å². The maximum Gasteiger partial charge on any atom is 0.262 e. The van der Waals surface area contributed by atoms with Crippen molar-refractivity contribution in [3.8, 4) is 5.75 Å². The van der Waals surface area contributed by atoms with Crippen LogP contribution in [0.3, 0.4) is 0 Å². The molecule has 116 valence electrons. The Morgan fingerprint density at radius 1 is 1.57 bits per heavy atom.